The van der Waals surface area contributed by atoms with Crippen molar-refractivity contribution >= 4 is 17.6 Å². The van der Waals surface area contributed by atoms with E-state index in [-0.39, 0.29) is 17.5 Å². The van der Waals surface area contributed by atoms with Crippen molar-refractivity contribution < 1.29 is 9.53 Å². The molecule has 116 valence electrons. The Bertz CT molecular complexity index is 522. The molecule has 0 amide bonds. The number of pyridine rings is 1. The van der Waals surface area contributed by atoms with E-state index in [0.29, 0.717) is 16.6 Å². The van der Waals surface area contributed by atoms with E-state index in [9.17, 15) is 4.79 Å². The molecule has 1 aliphatic rings. The van der Waals surface area contributed by atoms with Gasteiger partial charge in [-0.2, -0.15) is 0 Å². The Morgan fingerprint density at radius 1 is 1.29 bits per heavy atom. The van der Waals surface area contributed by atoms with Crippen molar-refractivity contribution in [3.63, 3.8) is 0 Å². The van der Waals surface area contributed by atoms with Gasteiger partial charge in [0.2, 0.25) is 0 Å². The van der Waals surface area contributed by atoms with Gasteiger partial charge in [0.15, 0.2) is 0 Å². The van der Waals surface area contributed by atoms with Crippen molar-refractivity contribution in [1.82, 2.24) is 4.98 Å². The van der Waals surface area contributed by atoms with Crippen LogP contribution >= 0.6 is 11.6 Å². The molecule has 0 bridgehead atoms. The third-order valence-corrected chi connectivity index (χ3v) is 4.28. The summed E-state index contributed by atoms with van der Waals surface area (Å²) in [6.07, 6.45) is 4.47. The molecule has 1 aromatic heterocycles. The van der Waals surface area contributed by atoms with Gasteiger partial charge in [0.05, 0.1) is 5.56 Å². The SMILES string of the molecule is CC1CCCCC1OC(=O)c1cc(Cl)nc(C(C)(C)C)c1. The molecule has 1 aliphatic carbocycles. The molecule has 0 aliphatic heterocycles. The predicted octanol–water partition coefficient (Wildman–Crippen LogP) is 4.77. The highest BCUT2D eigenvalue weighted by Gasteiger charge is 2.26. The summed E-state index contributed by atoms with van der Waals surface area (Å²) in [6.45, 7) is 8.29. The first-order valence-electron chi connectivity index (χ1n) is 7.66. The first-order chi connectivity index (χ1) is 9.77. The molecule has 4 heteroatoms. The summed E-state index contributed by atoms with van der Waals surface area (Å²) in [5.41, 5.74) is 1.15. The molecule has 0 N–H and O–H groups in total. The minimum Gasteiger partial charge on any atom is -0.458 e. The monoisotopic (exact) mass is 309 g/mol. The molecule has 2 unspecified atom stereocenters. The molecule has 1 saturated carbocycles. The van der Waals surface area contributed by atoms with Gasteiger partial charge in [0, 0.05) is 11.1 Å². The summed E-state index contributed by atoms with van der Waals surface area (Å²) in [5, 5.41) is 0.339. The predicted molar refractivity (Wildman–Crippen MR) is 84.8 cm³/mol. The average molecular weight is 310 g/mol. The lowest BCUT2D eigenvalue weighted by atomic mass is 9.88. The second-order valence-electron chi connectivity index (χ2n) is 7.02. The molecule has 21 heavy (non-hydrogen) atoms. The number of halogens is 1. The summed E-state index contributed by atoms with van der Waals surface area (Å²) in [5.74, 6) is 0.144. The fourth-order valence-corrected chi connectivity index (χ4v) is 2.87. The highest BCUT2D eigenvalue weighted by atomic mass is 35.5. The van der Waals surface area contributed by atoms with E-state index >= 15 is 0 Å². The van der Waals surface area contributed by atoms with Crippen LogP contribution in [0.1, 0.15) is 69.4 Å². The van der Waals surface area contributed by atoms with Gasteiger partial charge in [-0.3, -0.25) is 0 Å². The fraction of sp³-hybridized carbons (Fsp3) is 0.647. The maximum Gasteiger partial charge on any atom is 0.338 e. The Morgan fingerprint density at radius 3 is 2.57 bits per heavy atom. The zero-order chi connectivity index (χ0) is 15.6. The minimum atomic E-state index is -0.288. The summed E-state index contributed by atoms with van der Waals surface area (Å²) in [7, 11) is 0. The standard InChI is InChI=1S/C17H24ClNO2/c1-11-7-5-6-8-13(11)21-16(20)12-9-14(17(2,3)4)19-15(18)10-12/h9-11,13H,5-8H2,1-4H3. The van der Waals surface area contributed by atoms with E-state index in [1.54, 1.807) is 12.1 Å². The molecular formula is C17H24ClNO2. The number of carbonyl (C=O) groups excluding carboxylic acids is 1. The molecular weight excluding hydrogens is 286 g/mol. The van der Waals surface area contributed by atoms with Gasteiger partial charge in [-0.05, 0) is 37.3 Å². The first-order valence-corrected chi connectivity index (χ1v) is 8.04. The van der Waals surface area contributed by atoms with Gasteiger partial charge in [0.1, 0.15) is 11.3 Å². The summed E-state index contributed by atoms with van der Waals surface area (Å²) >= 11 is 6.05. The number of rotatable bonds is 2. The van der Waals surface area contributed by atoms with Crippen LogP contribution in [0.4, 0.5) is 0 Å². The molecule has 0 aromatic carbocycles. The number of nitrogens with zero attached hydrogens (tertiary/aromatic N) is 1. The maximum atomic E-state index is 12.4. The largest absolute Gasteiger partial charge is 0.458 e. The van der Waals surface area contributed by atoms with Crippen LogP contribution in [-0.2, 0) is 10.2 Å². The van der Waals surface area contributed by atoms with E-state index in [1.807, 2.05) is 20.8 Å². The molecule has 0 radical (unpaired) electrons. The number of hydrogen-bond acceptors (Lipinski definition) is 3. The Labute approximate surface area is 132 Å². The maximum absolute atomic E-state index is 12.4. The Morgan fingerprint density at radius 2 is 1.95 bits per heavy atom. The second-order valence-corrected chi connectivity index (χ2v) is 7.41. The molecule has 0 saturated heterocycles. The van der Waals surface area contributed by atoms with Gasteiger partial charge in [-0.25, -0.2) is 9.78 Å². The first kappa shape index (κ1) is 16.3. The molecule has 1 fully saturated rings. The topological polar surface area (TPSA) is 39.2 Å². The third kappa shape index (κ3) is 4.19. The Kier molecular flexibility index (Phi) is 4.92. The molecule has 3 nitrogen and oxygen atoms in total. The highest BCUT2D eigenvalue weighted by Crippen LogP contribution is 2.28. The number of hydrogen-bond donors (Lipinski definition) is 0. The van der Waals surface area contributed by atoms with E-state index in [4.69, 9.17) is 16.3 Å². The number of carbonyl (C=O) groups is 1. The normalized spacial score (nSPS) is 22.9. The summed E-state index contributed by atoms with van der Waals surface area (Å²) in [4.78, 5) is 16.7. The van der Waals surface area contributed by atoms with E-state index in [1.165, 1.54) is 6.42 Å². The third-order valence-electron chi connectivity index (χ3n) is 4.09. The molecule has 2 rings (SSSR count). The van der Waals surface area contributed by atoms with Gasteiger partial charge >= 0.3 is 5.97 Å². The zero-order valence-corrected chi connectivity index (χ0v) is 14.0. The number of esters is 1. The van der Waals surface area contributed by atoms with E-state index in [0.717, 1.165) is 25.0 Å². The quantitative estimate of drug-likeness (QED) is 0.583. The van der Waals surface area contributed by atoms with Crippen molar-refractivity contribution in [3.05, 3.63) is 28.5 Å². The zero-order valence-electron chi connectivity index (χ0n) is 13.3. The van der Waals surface area contributed by atoms with Crippen LogP contribution in [-0.4, -0.2) is 17.1 Å². The number of aromatic nitrogens is 1. The summed E-state index contributed by atoms with van der Waals surface area (Å²) < 4.78 is 5.69. The van der Waals surface area contributed by atoms with Crippen LogP contribution in [0.25, 0.3) is 0 Å². The van der Waals surface area contributed by atoms with Gasteiger partial charge in [0.25, 0.3) is 0 Å². The van der Waals surface area contributed by atoms with Gasteiger partial charge in [-0.1, -0.05) is 45.7 Å². The Hall–Kier alpha value is -1.09. The van der Waals surface area contributed by atoms with Crippen LogP contribution in [0.5, 0.6) is 0 Å². The van der Waals surface area contributed by atoms with Crippen molar-refractivity contribution in [2.75, 3.05) is 0 Å². The van der Waals surface area contributed by atoms with E-state index in [2.05, 4.69) is 11.9 Å². The molecule has 2 atom stereocenters. The summed E-state index contributed by atoms with van der Waals surface area (Å²) in [6, 6.07) is 3.38. The minimum absolute atomic E-state index is 0.0243. The highest BCUT2D eigenvalue weighted by molar-refractivity contribution is 6.29. The van der Waals surface area contributed by atoms with Crippen LogP contribution < -0.4 is 0 Å². The molecule has 1 heterocycles. The van der Waals surface area contributed by atoms with Gasteiger partial charge < -0.3 is 4.74 Å². The van der Waals surface area contributed by atoms with Crippen molar-refractivity contribution in [3.8, 4) is 0 Å². The number of ether oxygens (including phenoxy) is 1. The average Bonchev–Trinajstić information content (AvgIpc) is 2.39. The van der Waals surface area contributed by atoms with Crippen molar-refractivity contribution in [2.45, 2.75) is 64.9 Å². The smallest absolute Gasteiger partial charge is 0.338 e. The van der Waals surface area contributed by atoms with Crippen LogP contribution in [0.2, 0.25) is 5.15 Å². The Balaban J connectivity index is 2.17. The van der Waals surface area contributed by atoms with Crippen molar-refractivity contribution in [1.29, 1.82) is 0 Å². The lowest BCUT2D eigenvalue weighted by molar-refractivity contribution is 0.00478. The lowest BCUT2D eigenvalue weighted by Crippen LogP contribution is -2.28. The van der Waals surface area contributed by atoms with Crippen LogP contribution in [0.3, 0.4) is 0 Å². The van der Waals surface area contributed by atoms with E-state index < -0.39 is 0 Å². The molecule has 0 spiro atoms. The second kappa shape index (κ2) is 6.35. The van der Waals surface area contributed by atoms with Gasteiger partial charge in [-0.15, -0.1) is 0 Å². The van der Waals surface area contributed by atoms with Crippen LogP contribution in [0, 0.1) is 5.92 Å². The fourth-order valence-electron chi connectivity index (χ4n) is 2.66. The molecule has 1 aromatic rings. The van der Waals surface area contributed by atoms with Crippen LogP contribution in [0.15, 0.2) is 12.1 Å². The lowest BCUT2D eigenvalue weighted by Gasteiger charge is -2.28. The van der Waals surface area contributed by atoms with Crippen molar-refractivity contribution in [2.24, 2.45) is 5.92 Å².